The van der Waals surface area contributed by atoms with Gasteiger partial charge in [0, 0.05) is 30.9 Å². The van der Waals surface area contributed by atoms with Crippen LogP contribution >= 0.6 is 11.8 Å². The van der Waals surface area contributed by atoms with E-state index < -0.39 is 11.4 Å². The molecule has 0 unspecified atom stereocenters. The molecule has 4 rings (SSSR count). The average Bonchev–Trinajstić information content (AvgIpc) is 3.64. The predicted octanol–water partition coefficient (Wildman–Crippen LogP) is 4.79. The molecule has 2 aromatic carbocycles. The molecule has 2 aliphatic rings. The van der Waals surface area contributed by atoms with E-state index in [9.17, 15) is 14.7 Å². The molecule has 1 amide bonds. The standard InChI is InChI=1S/C25H29N3O3S/c1-32-24(26-19-12-13-19)27-16-14-25(15-17-27,23(30)31)18-22(29)28(20-8-4-2-5-9-20)21-10-6-3-7-11-21/h2-11,19H,12-18H2,1H3,(H,30,31)/b26-24-. The first-order valence-electron chi connectivity index (χ1n) is 11.1. The molecule has 1 saturated carbocycles. The molecule has 0 radical (unpaired) electrons. The normalized spacial score (nSPS) is 18.3. The van der Waals surface area contributed by atoms with Crippen LogP contribution < -0.4 is 4.90 Å². The number of nitrogens with zero attached hydrogens (tertiary/aromatic N) is 3. The minimum absolute atomic E-state index is 0.0334. The highest BCUT2D eigenvalue weighted by atomic mass is 32.2. The number of likely N-dealkylation sites (tertiary alicyclic amines) is 1. The monoisotopic (exact) mass is 451 g/mol. The lowest BCUT2D eigenvalue weighted by molar-refractivity contribution is -0.154. The Kier molecular flexibility index (Phi) is 6.84. The van der Waals surface area contributed by atoms with Gasteiger partial charge in [0.1, 0.15) is 0 Å². The second-order valence-electron chi connectivity index (χ2n) is 8.50. The number of carbonyl (C=O) groups excluding carboxylic acids is 1. The number of carboxylic acid groups (broad SMARTS) is 1. The summed E-state index contributed by atoms with van der Waals surface area (Å²) in [7, 11) is 0. The van der Waals surface area contributed by atoms with E-state index in [4.69, 9.17) is 4.99 Å². The van der Waals surface area contributed by atoms with Crippen molar-refractivity contribution in [3.63, 3.8) is 0 Å². The number of carbonyl (C=O) groups is 2. The number of aliphatic carboxylic acids is 1. The molecule has 1 saturated heterocycles. The number of piperidine rings is 1. The molecule has 32 heavy (non-hydrogen) atoms. The van der Waals surface area contributed by atoms with Gasteiger partial charge in [-0.15, -0.1) is 0 Å². The number of rotatable bonds is 6. The summed E-state index contributed by atoms with van der Waals surface area (Å²) < 4.78 is 0. The van der Waals surface area contributed by atoms with Crippen LogP contribution in [0.5, 0.6) is 0 Å². The number of anilines is 2. The van der Waals surface area contributed by atoms with Crippen molar-refractivity contribution in [3.05, 3.63) is 60.7 Å². The van der Waals surface area contributed by atoms with Crippen LogP contribution in [0.25, 0.3) is 0 Å². The molecule has 0 spiro atoms. The highest BCUT2D eigenvalue weighted by Crippen LogP contribution is 2.39. The van der Waals surface area contributed by atoms with Crippen LogP contribution in [-0.4, -0.2) is 52.4 Å². The molecule has 1 aliphatic heterocycles. The van der Waals surface area contributed by atoms with Crippen LogP contribution in [0.3, 0.4) is 0 Å². The van der Waals surface area contributed by atoms with Crippen LogP contribution in [0.1, 0.15) is 32.1 Å². The fraction of sp³-hybridized carbons (Fsp3) is 0.400. The summed E-state index contributed by atoms with van der Waals surface area (Å²) >= 11 is 1.62. The average molecular weight is 452 g/mol. The number of benzene rings is 2. The van der Waals surface area contributed by atoms with E-state index in [0.717, 1.165) is 29.4 Å². The van der Waals surface area contributed by atoms with Crippen LogP contribution in [0.4, 0.5) is 11.4 Å². The first-order chi connectivity index (χ1) is 15.5. The first-order valence-corrected chi connectivity index (χ1v) is 12.3. The maximum Gasteiger partial charge on any atom is 0.310 e. The fourth-order valence-electron chi connectivity index (χ4n) is 4.18. The van der Waals surface area contributed by atoms with Crippen molar-refractivity contribution in [1.82, 2.24) is 4.90 Å². The zero-order chi connectivity index (χ0) is 22.6. The van der Waals surface area contributed by atoms with E-state index in [0.29, 0.717) is 32.0 Å². The van der Waals surface area contributed by atoms with E-state index >= 15 is 0 Å². The smallest absolute Gasteiger partial charge is 0.310 e. The third-order valence-corrected chi connectivity index (χ3v) is 6.96. The fourth-order valence-corrected chi connectivity index (χ4v) is 4.87. The van der Waals surface area contributed by atoms with Gasteiger partial charge >= 0.3 is 5.97 Å². The topological polar surface area (TPSA) is 73.2 Å². The number of thioether (sulfide) groups is 1. The second-order valence-corrected chi connectivity index (χ2v) is 9.27. The number of carboxylic acids is 1. The van der Waals surface area contributed by atoms with E-state index in [1.165, 1.54) is 0 Å². The van der Waals surface area contributed by atoms with Crippen LogP contribution in [0.15, 0.2) is 65.7 Å². The summed E-state index contributed by atoms with van der Waals surface area (Å²) in [5.74, 6) is -1.09. The summed E-state index contributed by atoms with van der Waals surface area (Å²) in [6.07, 6.45) is 5.11. The summed E-state index contributed by atoms with van der Waals surface area (Å²) in [5.41, 5.74) is 0.407. The third-order valence-electron chi connectivity index (χ3n) is 6.24. The molecule has 1 aliphatic carbocycles. The number of amidine groups is 1. The summed E-state index contributed by atoms with van der Waals surface area (Å²) in [4.78, 5) is 34.6. The molecular weight excluding hydrogens is 422 g/mol. The maximum atomic E-state index is 13.6. The molecule has 1 N–H and O–H groups in total. The number of hydrogen-bond acceptors (Lipinski definition) is 4. The van der Waals surface area contributed by atoms with E-state index in [-0.39, 0.29) is 12.3 Å². The van der Waals surface area contributed by atoms with Crippen molar-refractivity contribution < 1.29 is 14.7 Å². The van der Waals surface area contributed by atoms with Crippen molar-refractivity contribution in [2.24, 2.45) is 10.4 Å². The Morgan fingerprint density at radius 3 is 2.00 bits per heavy atom. The Labute approximate surface area is 193 Å². The minimum Gasteiger partial charge on any atom is -0.481 e. The van der Waals surface area contributed by atoms with Gasteiger partial charge in [-0.3, -0.25) is 19.5 Å². The molecular formula is C25H29N3O3S. The van der Waals surface area contributed by atoms with E-state index in [1.807, 2.05) is 66.9 Å². The molecule has 0 atom stereocenters. The Morgan fingerprint density at radius 2 is 1.56 bits per heavy atom. The lowest BCUT2D eigenvalue weighted by atomic mass is 9.75. The SMILES string of the molecule is CS/C(=N\C1CC1)N1CCC(CC(=O)N(c2ccccc2)c2ccccc2)(C(=O)O)CC1. The lowest BCUT2D eigenvalue weighted by Crippen LogP contribution is -2.48. The molecule has 0 aromatic heterocycles. The molecule has 2 fully saturated rings. The molecule has 7 heteroatoms. The largest absolute Gasteiger partial charge is 0.481 e. The van der Waals surface area contributed by atoms with E-state index in [1.54, 1.807) is 16.7 Å². The Hall–Kier alpha value is -2.80. The molecule has 6 nitrogen and oxygen atoms in total. The van der Waals surface area contributed by atoms with Gasteiger partial charge in [-0.2, -0.15) is 0 Å². The Bertz CT molecular complexity index is 929. The molecule has 2 aromatic rings. The number of hydrogen-bond donors (Lipinski definition) is 1. The van der Waals surface area contributed by atoms with Crippen molar-refractivity contribution >= 4 is 40.2 Å². The van der Waals surface area contributed by atoms with Gasteiger partial charge in [-0.25, -0.2) is 0 Å². The van der Waals surface area contributed by atoms with Crippen molar-refractivity contribution in [3.8, 4) is 0 Å². The number of amides is 1. The molecule has 0 bridgehead atoms. The first kappa shape index (κ1) is 22.4. The zero-order valence-corrected chi connectivity index (χ0v) is 19.1. The van der Waals surface area contributed by atoms with Gasteiger partial charge in [0.25, 0.3) is 0 Å². The van der Waals surface area contributed by atoms with Gasteiger partial charge in [0.2, 0.25) is 5.91 Å². The van der Waals surface area contributed by atoms with Crippen LogP contribution in [0, 0.1) is 5.41 Å². The second kappa shape index (κ2) is 9.77. The van der Waals surface area contributed by atoms with Gasteiger partial charge in [0.05, 0.1) is 11.5 Å². The predicted molar refractivity (Wildman–Crippen MR) is 129 cm³/mol. The highest BCUT2D eigenvalue weighted by Gasteiger charge is 2.45. The van der Waals surface area contributed by atoms with Gasteiger partial charge in [-0.1, -0.05) is 48.2 Å². The number of para-hydroxylation sites is 2. The summed E-state index contributed by atoms with van der Waals surface area (Å²) in [6, 6.07) is 19.3. The van der Waals surface area contributed by atoms with E-state index in [2.05, 4.69) is 4.90 Å². The van der Waals surface area contributed by atoms with Crippen LogP contribution in [-0.2, 0) is 9.59 Å². The quantitative estimate of drug-likeness (QED) is 0.505. The zero-order valence-electron chi connectivity index (χ0n) is 18.3. The third kappa shape index (κ3) is 4.99. The van der Waals surface area contributed by atoms with Gasteiger partial charge in [0.15, 0.2) is 5.17 Å². The van der Waals surface area contributed by atoms with Crippen molar-refractivity contribution in [1.29, 1.82) is 0 Å². The molecule has 168 valence electrons. The van der Waals surface area contributed by atoms with Gasteiger partial charge in [-0.05, 0) is 56.2 Å². The highest BCUT2D eigenvalue weighted by molar-refractivity contribution is 8.13. The molecule has 1 heterocycles. The number of aliphatic imine (C=N–C) groups is 1. The summed E-state index contributed by atoms with van der Waals surface area (Å²) in [5, 5.41) is 11.2. The Morgan fingerprint density at radius 1 is 1.03 bits per heavy atom. The lowest BCUT2D eigenvalue weighted by Gasteiger charge is -2.40. The van der Waals surface area contributed by atoms with Gasteiger partial charge < -0.3 is 10.0 Å². The minimum atomic E-state index is -1.07. The Balaban J connectivity index is 1.54. The summed E-state index contributed by atoms with van der Waals surface area (Å²) in [6.45, 7) is 1.20. The van der Waals surface area contributed by atoms with Crippen molar-refractivity contribution in [2.45, 2.75) is 38.1 Å². The van der Waals surface area contributed by atoms with Crippen LogP contribution in [0.2, 0.25) is 0 Å². The van der Waals surface area contributed by atoms with Crippen molar-refractivity contribution in [2.75, 3.05) is 24.2 Å². The maximum absolute atomic E-state index is 13.6.